The van der Waals surface area contributed by atoms with Crippen molar-refractivity contribution >= 4 is 0 Å². The first-order valence-corrected chi connectivity index (χ1v) is 3.24. The van der Waals surface area contributed by atoms with Crippen molar-refractivity contribution in [2.24, 2.45) is 0 Å². The summed E-state index contributed by atoms with van der Waals surface area (Å²) < 4.78 is 0. The number of hydrogen-bond acceptors (Lipinski definition) is 2. The SMILES string of the molecule is CN(CO)Cc1ccc[nH]1. The summed E-state index contributed by atoms with van der Waals surface area (Å²) >= 11 is 0. The Morgan fingerprint density at radius 3 is 3.00 bits per heavy atom. The van der Waals surface area contributed by atoms with E-state index in [-0.39, 0.29) is 6.73 Å². The van der Waals surface area contributed by atoms with E-state index < -0.39 is 0 Å². The lowest BCUT2D eigenvalue weighted by atomic mass is 10.4. The van der Waals surface area contributed by atoms with Gasteiger partial charge in [0, 0.05) is 18.4 Å². The highest BCUT2D eigenvalue weighted by molar-refractivity contribution is 5.02. The summed E-state index contributed by atoms with van der Waals surface area (Å²) in [6.07, 6.45) is 1.88. The van der Waals surface area contributed by atoms with Crippen molar-refractivity contribution in [2.75, 3.05) is 13.8 Å². The zero-order valence-electron chi connectivity index (χ0n) is 6.04. The minimum Gasteiger partial charge on any atom is -0.381 e. The third-order valence-electron chi connectivity index (χ3n) is 1.34. The van der Waals surface area contributed by atoms with Gasteiger partial charge in [0.25, 0.3) is 0 Å². The Bertz CT molecular complexity index is 172. The molecule has 2 N–H and O–H groups in total. The van der Waals surface area contributed by atoms with Gasteiger partial charge in [-0.2, -0.15) is 0 Å². The van der Waals surface area contributed by atoms with E-state index in [1.54, 1.807) is 0 Å². The zero-order chi connectivity index (χ0) is 7.40. The average molecular weight is 140 g/mol. The van der Waals surface area contributed by atoms with Crippen LogP contribution in [0.3, 0.4) is 0 Å². The van der Waals surface area contributed by atoms with Crippen LogP contribution in [0.4, 0.5) is 0 Å². The quantitative estimate of drug-likeness (QED) is 0.596. The highest BCUT2D eigenvalue weighted by Crippen LogP contribution is 1.97. The van der Waals surface area contributed by atoms with Gasteiger partial charge in [0.2, 0.25) is 0 Å². The summed E-state index contributed by atoms with van der Waals surface area (Å²) in [4.78, 5) is 4.86. The van der Waals surface area contributed by atoms with Gasteiger partial charge in [-0.25, -0.2) is 0 Å². The van der Waals surface area contributed by atoms with Crippen LogP contribution in [-0.2, 0) is 6.54 Å². The summed E-state index contributed by atoms with van der Waals surface area (Å²) in [5.41, 5.74) is 1.12. The molecule has 1 aromatic rings. The Labute approximate surface area is 60.3 Å². The van der Waals surface area contributed by atoms with Gasteiger partial charge in [0.1, 0.15) is 0 Å². The summed E-state index contributed by atoms with van der Waals surface area (Å²) in [5, 5.41) is 8.65. The number of aromatic amines is 1. The van der Waals surface area contributed by atoms with Crippen LogP contribution in [0.25, 0.3) is 0 Å². The van der Waals surface area contributed by atoms with E-state index in [0.29, 0.717) is 0 Å². The lowest BCUT2D eigenvalue weighted by Gasteiger charge is -2.10. The molecular formula is C7H12N2O. The Kier molecular flexibility index (Phi) is 2.48. The number of H-pyrrole nitrogens is 1. The van der Waals surface area contributed by atoms with Gasteiger partial charge in [-0.05, 0) is 19.2 Å². The molecule has 0 saturated carbocycles. The molecule has 0 aromatic carbocycles. The maximum atomic E-state index is 8.65. The van der Waals surface area contributed by atoms with E-state index in [0.717, 1.165) is 12.2 Å². The second kappa shape index (κ2) is 3.39. The number of nitrogens with one attached hydrogen (secondary N) is 1. The third-order valence-corrected chi connectivity index (χ3v) is 1.34. The first-order valence-electron chi connectivity index (χ1n) is 3.24. The topological polar surface area (TPSA) is 39.3 Å². The molecule has 1 heterocycles. The summed E-state index contributed by atoms with van der Waals surface area (Å²) in [5.74, 6) is 0. The van der Waals surface area contributed by atoms with Gasteiger partial charge in [-0.3, -0.25) is 4.90 Å². The molecule has 0 aliphatic heterocycles. The fourth-order valence-corrected chi connectivity index (χ4v) is 0.807. The Balaban J connectivity index is 2.40. The summed E-state index contributed by atoms with van der Waals surface area (Å²) in [6.45, 7) is 0.864. The van der Waals surface area contributed by atoms with E-state index in [9.17, 15) is 0 Å². The molecule has 0 bridgehead atoms. The van der Waals surface area contributed by atoms with E-state index in [4.69, 9.17) is 5.11 Å². The molecule has 0 radical (unpaired) electrons. The van der Waals surface area contributed by atoms with Gasteiger partial charge in [-0.15, -0.1) is 0 Å². The molecule has 0 aliphatic rings. The fourth-order valence-electron chi connectivity index (χ4n) is 0.807. The van der Waals surface area contributed by atoms with Gasteiger partial charge < -0.3 is 10.1 Å². The van der Waals surface area contributed by atoms with Gasteiger partial charge in [0.05, 0.1) is 6.73 Å². The molecule has 0 unspecified atom stereocenters. The monoisotopic (exact) mass is 140 g/mol. The highest BCUT2D eigenvalue weighted by Gasteiger charge is 1.96. The molecule has 3 heteroatoms. The van der Waals surface area contributed by atoms with Crippen molar-refractivity contribution in [3.8, 4) is 0 Å². The molecule has 10 heavy (non-hydrogen) atoms. The minimum absolute atomic E-state index is 0.0962. The van der Waals surface area contributed by atoms with Crippen molar-refractivity contribution < 1.29 is 5.11 Å². The van der Waals surface area contributed by atoms with Crippen LogP contribution in [0, 0.1) is 0 Å². The molecular weight excluding hydrogens is 128 g/mol. The van der Waals surface area contributed by atoms with Crippen LogP contribution in [0.1, 0.15) is 5.69 Å². The van der Waals surface area contributed by atoms with Crippen LogP contribution in [0.2, 0.25) is 0 Å². The van der Waals surface area contributed by atoms with Crippen molar-refractivity contribution in [1.82, 2.24) is 9.88 Å². The zero-order valence-corrected chi connectivity index (χ0v) is 6.04. The molecule has 0 atom stereocenters. The molecule has 0 saturated heterocycles. The van der Waals surface area contributed by atoms with Gasteiger partial charge in [0.15, 0.2) is 0 Å². The number of hydrogen-bond donors (Lipinski definition) is 2. The van der Waals surface area contributed by atoms with E-state index >= 15 is 0 Å². The number of nitrogens with zero attached hydrogens (tertiary/aromatic N) is 1. The molecule has 3 nitrogen and oxygen atoms in total. The first kappa shape index (κ1) is 7.31. The number of aliphatic hydroxyl groups is 1. The Morgan fingerprint density at radius 2 is 2.50 bits per heavy atom. The molecule has 0 amide bonds. The fraction of sp³-hybridized carbons (Fsp3) is 0.429. The third kappa shape index (κ3) is 1.86. The molecule has 1 aromatic heterocycles. The maximum absolute atomic E-state index is 8.65. The molecule has 1 rings (SSSR count). The molecule has 0 spiro atoms. The lowest BCUT2D eigenvalue weighted by molar-refractivity contribution is 0.126. The van der Waals surface area contributed by atoms with Crippen LogP contribution in [0.15, 0.2) is 18.3 Å². The number of aromatic nitrogens is 1. The maximum Gasteiger partial charge on any atom is 0.0957 e. The minimum atomic E-state index is 0.0962. The molecule has 56 valence electrons. The van der Waals surface area contributed by atoms with E-state index in [1.807, 2.05) is 30.3 Å². The van der Waals surface area contributed by atoms with Crippen molar-refractivity contribution in [2.45, 2.75) is 6.54 Å². The largest absolute Gasteiger partial charge is 0.381 e. The van der Waals surface area contributed by atoms with Crippen molar-refractivity contribution in [1.29, 1.82) is 0 Å². The van der Waals surface area contributed by atoms with Crippen LogP contribution >= 0.6 is 0 Å². The predicted molar refractivity (Wildman–Crippen MR) is 39.3 cm³/mol. The number of rotatable bonds is 3. The second-order valence-electron chi connectivity index (χ2n) is 2.35. The van der Waals surface area contributed by atoms with Crippen LogP contribution in [0.5, 0.6) is 0 Å². The van der Waals surface area contributed by atoms with E-state index in [1.165, 1.54) is 0 Å². The van der Waals surface area contributed by atoms with Crippen LogP contribution in [-0.4, -0.2) is 28.8 Å². The highest BCUT2D eigenvalue weighted by atomic mass is 16.3. The summed E-state index contributed by atoms with van der Waals surface area (Å²) in [6, 6.07) is 3.94. The number of aliphatic hydroxyl groups excluding tert-OH is 1. The standard InChI is InChI=1S/C7H12N2O/c1-9(6-10)5-7-3-2-4-8-7/h2-4,8,10H,5-6H2,1H3. The van der Waals surface area contributed by atoms with E-state index in [2.05, 4.69) is 4.98 Å². The predicted octanol–water partition coefficient (Wildman–Crippen LogP) is 0.396. The molecule has 0 aliphatic carbocycles. The van der Waals surface area contributed by atoms with Gasteiger partial charge >= 0.3 is 0 Å². The van der Waals surface area contributed by atoms with Crippen molar-refractivity contribution in [3.05, 3.63) is 24.0 Å². The Hall–Kier alpha value is -0.800. The van der Waals surface area contributed by atoms with Gasteiger partial charge in [-0.1, -0.05) is 0 Å². The molecule has 0 fully saturated rings. The summed E-state index contributed by atoms with van der Waals surface area (Å²) in [7, 11) is 1.86. The van der Waals surface area contributed by atoms with Crippen LogP contribution < -0.4 is 0 Å². The van der Waals surface area contributed by atoms with Crippen molar-refractivity contribution in [3.63, 3.8) is 0 Å². The Morgan fingerprint density at radius 1 is 1.70 bits per heavy atom. The lowest BCUT2D eigenvalue weighted by Crippen LogP contribution is -2.18. The first-order chi connectivity index (χ1) is 4.83. The smallest absolute Gasteiger partial charge is 0.0957 e. The second-order valence-corrected chi connectivity index (χ2v) is 2.35. The average Bonchev–Trinajstić information content (AvgIpc) is 2.40. The normalized spacial score (nSPS) is 10.7.